The Kier molecular flexibility index (Phi) is 5.28. The highest BCUT2D eigenvalue weighted by atomic mass is 32.2. The lowest BCUT2D eigenvalue weighted by atomic mass is 9.81. The molecule has 34 heavy (non-hydrogen) atoms. The fourth-order valence-electron chi connectivity index (χ4n) is 4.47. The van der Waals surface area contributed by atoms with Gasteiger partial charge in [0.2, 0.25) is 0 Å². The summed E-state index contributed by atoms with van der Waals surface area (Å²) in [6.07, 6.45) is 1.01. The molecule has 9 heteroatoms. The van der Waals surface area contributed by atoms with Crippen molar-refractivity contribution in [2.75, 3.05) is 26.5 Å². The van der Waals surface area contributed by atoms with Gasteiger partial charge in [0.25, 0.3) is 0 Å². The lowest BCUT2D eigenvalue weighted by Gasteiger charge is -2.29. The molecule has 2 N–H and O–H groups in total. The molecule has 0 saturated carbocycles. The number of fused-ring (bicyclic) bond motifs is 1. The Morgan fingerprint density at radius 1 is 0.941 bits per heavy atom. The van der Waals surface area contributed by atoms with Gasteiger partial charge in [-0.25, -0.2) is 4.99 Å². The van der Waals surface area contributed by atoms with Crippen LogP contribution in [0.4, 0.5) is 0 Å². The molecule has 1 unspecified atom stereocenters. The number of benzene rings is 3. The zero-order valence-electron chi connectivity index (χ0n) is 18.8. The summed E-state index contributed by atoms with van der Waals surface area (Å²) < 4.78 is 33.5. The summed E-state index contributed by atoms with van der Waals surface area (Å²) in [7, 11) is -1.99. The third kappa shape index (κ3) is 3.77. The molecule has 5 rings (SSSR count). The van der Waals surface area contributed by atoms with Gasteiger partial charge in [0.05, 0.1) is 19.9 Å². The van der Waals surface area contributed by atoms with Crippen LogP contribution in [-0.4, -0.2) is 51.6 Å². The standard InChI is InChI=1S/C25H24N4O4S/c1-32-22-8-4-6-18(16-22)17-5-3-7-20(15-17)25(23-27-13-14-29(23)24(26)28-25)19-9-11-21(12-10-19)33-34(2,30)31/h3-12,15-16H,13-14H2,1-2H3,(H2,26,28). The maximum atomic E-state index is 11.5. The second-order valence-electron chi connectivity index (χ2n) is 8.16. The van der Waals surface area contributed by atoms with Crippen molar-refractivity contribution in [1.82, 2.24) is 4.90 Å². The number of hydrogen-bond acceptors (Lipinski definition) is 8. The number of ether oxygens (including phenoxy) is 1. The summed E-state index contributed by atoms with van der Waals surface area (Å²) >= 11 is 0. The minimum Gasteiger partial charge on any atom is -0.497 e. The van der Waals surface area contributed by atoms with Gasteiger partial charge in [-0.2, -0.15) is 8.42 Å². The molecule has 0 radical (unpaired) electrons. The number of rotatable bonds is 6. The van der Waals surface area contributed by atoms with Gasteiger partial charge < -0.3 is 14.7 Å². The highest BCUT2D eigenvalue weighted by Crippen LogP contribution is 2.43. The first-order valence-corrected chi connectivity index (χ1v) is 12.5. The molecule has 0 amide bonds. The predicted molar refractivity (Wildman–Crippen MR) is 132 cm³/mol. The van der Waals surface area contributed by atoms with Crippen LogP contribution in [0, 0.1) is 0 Å². The molecular formula is C25H24N4O4S. The molecule has 174 valence electrons. The van der Waals surface area contributed by atoms with Gasteiger partial charge in [0, 0.05) is 6.54 Å². The summed E-state index contributed by atoms with van der Waals surface area (Å²) in [5.41, 5.74) is 9.10. The zero-order chi connectivity index (χ0) is 23.9. The molecule has 2 aliphatic heterocycles. The van der Waals surface area contributed by atoms with E-state index in [0.717, 1.165) is 40.1 Å². The number of nitrogens with zero attached hydrogens (tertiary/aromatic N) is 3. The minimum atomic E-state index is -3.63. The van der Waals surface area contributed by atoms with E-state index >= 15 is 0 Å². The van der Waals surface area contributed by atoms with Gasteiger partial charge in [-0.05, 0) is 52.6 Å². The summed E-state index contributed by atoms with van der Waals surface area (Å²) in [5.74, 6) is 2.16. The highest BCUT2D eigenvalue weighted by Gasteiger charge is 2.49. The van der Waals surface area contributed by atoms with E-state index in [2.05, 4.69) is 6.07 Å². The first-order chi connectivity index (χ1) is 16.3. The monoisotopic (exact) mass is 476 g/mol. The third-order valence-corrected chi connectivity index (χ3v) is 6.42. The molecule has 2 aliphatic rings. The van der Waals surface area contributed by atoms with Crippen LogP contribution in [0.15, 0.2) is 82.8 Å². The number of hydrogen-bond donors (Lipinski definition) is 1. The first kappa shape index (κ1) is 22.0. The number of nitrogens with two attached hydrogens (primary N) is 1. The smallest absolute Gasteiger partial charge is 0.306 e. The second-order valence-corrected chi connectivity index (χ2v) is 9.74. The van der Waals surface area contributed by atoms with Crippen molar-refractivity contribution in [3.63, 3.8) is 0 Å². The molecule has 3 aromatic rings. The van der Waals surface area contributed by atoms with Crippen LogP contribution in [0.25, 0.3) is 11.1 Å². The molecule has 0 fully saturated rings. The molecule has 3 aromatic carbocycles. The average molecular weight is 477 g/mol. The van der Waals surface area contributed by atoms with Crippen molar-refractivity contribution >= 4 is 21.9 Å². The van der Waals surface area contributed by atoms with Crippen LogP contribution in [0.1, 0.15) is 11.1 Å². The second kappa shape index (κ2) is 8.18. The van der Waals surface area contributed by atoms with E-state index in [4.69, 9.17) is 24.6 Å². The first-order valence-electron chi connectivity index (χ1n) is 10.7. The van der Waals surface area contributed by atoms with E-state index in [1.807, 2.05) is 47.4 Å². The number of methoxy groups -OCH3 is 1. The zero-order valence-corrected chi connectivity index (χ0v) is 19.6. The Labute approximate surface area is 198 Å². The van der Waals surface area contributed by atoms with Crippen LogP contribution < -0.4 is 14.7 Å². The molecule has 0 saturated heterocycles. The summed E-state index contributed by atoms with van der Waals surface area (Å²) in [5, 5.41) is 0. The van der Waals surface area contributed by atoms with Crippen LogP contribution in [0.5, 0.6) is 11.5 Å². The Morgan fingerprint density at radius 3 is 2.35 bits per heavy atom. The number of amidine groups is 1. The van der Waals surface area contributed by atoms with E-state index in [1.54, 1.807) is 31.4 Å². The molecular weight excluding hydrogens is 452 g/mol. The Hall–Kier alpha value is -3.85. The Morgan fingerprint density at radius 2 is 1.65 bits per heavy atom. The molecule has 0 spiro atoms. The lowest BCUT2D eigenvalue weighted by molar-refractivity contribution is 0.415. The average Bonchev–Trinajstić information content (AvgIpc) is 3.42. The molecule has 0 aromatic heterocycles. The van der Waals surface area contributed by atoms with Gasteiger partial charge in [-0.15, -0.1) is 0 Å². The molecule has 8 nitrogen and oxygen atoms in total. The van der Waals surface area contributed by atoms with Crippen molar-refractivity contribution in [2.45, 2.75) is 5.54 Å². The SMILES string of the molecule is COc1cccc(-c2cccc(C3(c4ccc(OS(C)(=O)=O)cc4)N=C(N)N4CCN=C43)c2)c1. The van der Waals surface area contributed by atoms with Crippen LogP contribution in [-0.2, 0) is 15.7 Å². The summed E-state index contributed by atoms with van der Waals surface area (Å²) in [6, 6.07) is 22.8. The molecule has 0 bridgehead atoms. The number of aliphatic imine (C=N–C) groups is 2. The fourth-order valence-corrected chi connectivity index (χ4v) is 4.93. The maximum Gasteiger partial charge on any atom is 0.306 e. The summed E-state index contributed by atoms with van der Waals surface area (Å²) in [4.78, 5) is 11.6. The van der Waals surface area contributed by atoms with Crippen molar-refractivity contribution < 1.29 is 17.3 Å². The van der Waals surface area contributed by atoms with E-state index in [9.17, 15) is 8.42 Å². The van der Waals surface area contributed by atoms with E-state index < -0.39 is 15.7 Å². The summed E-state index contributed by atoms with van der Waals surface area (Å²) in [6.45, 7) is 1.29. The maximum absolute atomic E-state index is 11.5. The van der Waals surface area contributed by atoms with E-state index in [1.165, 1.54) is 0 Å². The van der Waals surface area contributed by atoms with E-state index in [0.29, 0.717) is 19.0 Å². The molecule has 0 aliphatic carbocycles. The Balaban J connectivity index is 1.66. The Bertz CT molecular complexity index is 1420. The minimum absolute atomic E-state index is 0.228. The topological polar surface area (TPSA) is 107 Å². The molecule has 1 atom stereocenters. The van der Waals surface area contributed by atoms with Gasteiger partial charge in [-0.1, -0.05) is 42.5 Å². The number of guanidine groups is 1. The van der Waals surface area contributed by atoms with Crippen molar-refractivity contribution in [2.24, 2.45) is 15.7 Å². The normalized spacial score (nSPS) is 19.4. The van der Waals surface area contributed by atoms with Gasteiger partial charge in [-0.3, -0.25) is 9.89 Å². The van der Waals surface area contributed by atoms with Crippen LogP contribution >= 0.6 is 0 Å². The van der Waals surface area contributed by atoms with E-state index in [-0.39, 0.29) is 5.75 Å². The predicted octanol–water partition coefficient (Wildman–Crippen LogP) is 2.99. The largest absolute Gasteiger partial charge is 0.497 e. The van der Waals surface area contributed by atoms with Crippen molar-refractivity contribution in [3.05, 3.63) is 83.9 Å². The van der Waals surface area contributed by atoms with Gasteiger partial charge in [0.1, 0.15) is 17.3 Å². The quantitative estimate of drug-likeness (QED) is 0.548. The van der Waals surface area contributed by atoms with Crippen molar-refractivity contribution in [1.29, 1.82) is 0 Å². The van der Waals surface area contributed by atoms with Gasteiger partial charge in [0.15, 0.2) is 11.5 Å². The van der Waals surface area contributed by atoms with Crippen LogP contribution in [0.2, 0.25) is 0 Å². The van der Waals surface area contributed by atoms with Crippen molar-refractivity contribution in [3.8, 4) is 22.6 Å². The third-order valence-electron chi connectivity index (χ3n) is 5.93. The lowest BCUT2D eigenvalue weighted by Crippen LogP contribution is -2.41. The van der Waals surface area contributed by atoms with Gasteiger partial charge >= 0.3 is 10.1 Å². The molecule has 2 heterocycles. The highest BCUT2D eigenvalue weighted by molar-refractivity contribution is 7.86. The fraction of sp³-hybridized carbons (Fsp3) is 0.200. The van der Waals surface area contributed by atoms with Crippen LogP contribution in [0.3, 0.4) is 0 Å².